The molecule has 0 aliphatic carbocycles. The minimum atomic E-state index is 0.154. The Hall–Kier alpha value is -0.820. The SMILES string of the molecule is CCC(CN)(c1ccccc1)C(C)C. The maximum absolute atomic E-state index is 5.95. The molecule has 0 saturated heterocycles. The fourth-order valence-corrected chi connectivity index (χ4v) is 2.21. The largest absolute Gasteiger partial charge is 0.330 e. The van der Waals surface area contributed by atoms with Crippen LogP contribution in [0.15, 0.2) is 30.3 Å². The van der Waals surface area contributed by atoms with Crippen LogP contribution in [0.3, 0.4) is 0 Å². The molecular weight excluding hydrogens is 170 g/mol. The third-order valence-corrected chi connectivity index (χ3v) is 3.45. The van der Waals surface area contributed by atoms with Crippen LogP contribution in [0.25, 0.3) is 0 Å². The van der Waals surface area contributed by atoms with Crippen molar-refractivity contribution in [2.45, 2.75) is 32.6 Å². The maximum Gasteiger partial charge on any atom is 0.00958 e. The quantitative estimate of drug-likeness (QED) is 0.778. The highest BCUT2D eigenvalue weighted by Crippen LogP contribution is 2.34. The molecule has 78 valence electrons. The van der Waals surface area contributed by atoms with E-state index in [1.165, 1.54) is 5.56 Å². The van der Waals surface area contributed by atoms with E-state index in [4.69, 9.17) is 5.73 Å². The van der Waals surface area contributed by atoms with Gasteiger partial charge in [-0.05, 0) is 17.9 Å². The minimum Gasteiger partial charge on any atom is -0.330 e. The molecule has 0 fully saturated rings. The summed E-state index contributed by atoms with van der Waals surface area (Å²) in [7, 11) is 0. The number of benzene rings is 1. The molecule has 0 amide bonds. The van der Waals surface area contributed by atoms with Gasteiger partial charge in [0.15, 0.2) is 0 Å². The van der Waals surface area contributed by atoms with Crippen molar-refractivity contribution in [3.63, 3.8) is 0 Å². The van der Waals surface area contributed by atoms with Crippen LogP contribution in [0.1, 0.15) is 32.8 Å². The van der Waals surface area contributed by atoms with Gasteiger partial charge in [0.2, 0.25) is 0 Å². The number of nitrogens with two attached hydrogens (primary N) is 1. The summed E-state index contributed by atoms with van der Waals surface area (Å²) in [6.07, 6.45) is 1.10. The van der Waals surface area contributed by atoms with E-state index in [1.807, 2.05) is 0 Å². The van der Waals surface area contributed by atoms with E-state index < -0.39 is 0 Å². The van der Waals surface area contributed by atoms with E-state index in [-0.39, 0.29) is 5.41 Å². The van der Waals surface area contributed by atoms with Crippen molar-refractivity contribution < 1.29 is 0 Å². The second-order valence-electron chi connectivity index (χ2n) is 4.23. The maximum atomic E-state index is 5.95. The van der Waals surface area contributed by atoms with Gasteiger partial charge in [-0.3, -0.25) is 0 Å². The van der Waals surface area contributed by atoms with Crippen molar-refractivity contribution in [3.8, 4) is 0 Å². The van der Waals surface area contributed by atoms with Gasteiger partial charge in [-0.25, -0.2) is 0 Å². The average molecular weight is 191 g/mol. The molecule has 1 unspecified atom stereocenters. The van der Waals surface area contributed by atoms with E-state index in [0.29, 0.717) is 5.92 Å². The Morgan fingerprint density at radius 3 is 2.14 bits per heavy atom. The molecule has 2 N–H and O–H groups in total. The van der Waals surface area contributed by atoms with Gasteiger partial charge < -0.3 is 5.73 Å². The summed E-state index contributed by atoms with van der Waals surface area (Å²) in [6, 6.07) is 10.6. The van der Waals surface area contributed by atoms with Gasteiger partial charge in [0.25, 0.3) is 0 Å². The van der Waals surface area contributed by atoms with Crippen molar-refractivity contribution in [3.05, 3.63) is 35.9 Å². The predicted octanol–water partition coefficient (Wildman–Crippen LogP) is 2.95. The Kier molecular flexibility index (Phi) is 3.70. The Morgan fingerprint density at radius 1 is 1.21 bits per heavy atom. The van der Waals surface area contributed by atoms with Gasteiger partial charge >= 0.3 is 0 Å². The lowest BCUT2D eigenvalue weighted by Gasteiger charge is -2.36. The first-order valence-electron chi connectivity index (χ1n) is 5.43. The Balaban J connectivity index is 3.11. The Labute approximate surface area is 87.3 Å². The molecular formula is C13H21N. The van der Waals surface area contributed by atoms with E-state index in [0.717, 1.165) is 13.0 Å². The summed E-state index contributed by atoms with van der Waals surface area (Å²) >= 11 is 0. The summed E-state index contributed by atoms with van der Waals surface area (Å²) in [5, 5.41) is 0. The van der Waals surface area contributed by atoms with Crippen molar-refractivity contribution in [1.82, 2.24) is 0 Å². The van der Waals surface area contributed by atoms with Crippen LogP contribution >= 0.6 is 0 Å². The molecule has 1 nitrogen and oxygen atoms in total. The van der Waals surface area contributed by atoms with E-state index in [1.54, 1.807) is 0 Å². The molecule has 0 spiro atoms. The lowest BCUT2D eigenvalue weighted by atomic mass is 9.70. The first-order valence-corrected chi connectivity index (χ1v) is 5.43. The van der Waals surface area contributed by atoms with Crippen LogP contribution in [-0.2, 0) is 5.41 Å². The second-order valence-corrected chi connectivity index (χ2v) is 4.23. The first-order chi connectivity index (χ1) is 6.67. The fourth-order valence-electron chi connectivity index (χ4n) is 2.21. The summed E-state index contributed by atoms with van der Waals surface area (Å²) in [6.45, 7) is 7.46. The van der Waals surface area contributed by atoms with Crippen LogP contribution in [-0.4, -0.2) is 6.54 Å². The van der Waals surface area contributed by atoms with E-state index in [2.05, 4.69) is 51.1 Å². The molecule has 0 aromatic heterocycles. The average Bonchev–Trinajstić information content (AvgIpc) is 2.22. The molecule has 0 saturated carbocycles. The molecule has 1 heteroatoms. The molecule has 1 aromatic rings. The zero-order valence-electron chi connectivity index (χ0n) is 9.46. The highest BCUT2D eigenvalue weighted by molar-refractivity contribution is 5.26. The third-order valence-electron chi connectivity index (χ3n) is 3.45. The smallest absolute Gasteiger partial charge is 0.00958 e. The monoisotopic (exact) mass is 191 g/mol. The van der Waals surface area contributed by atoms with Crippen LogP contribution in [0.4, 0.5) is 0 Å². The van der Waals surface area contributed by atoms with Crippen molar-refractivity contribution in [2.75, 3.05) is 6.54 Å². The predicted molar refractivity (Wildman–Crippen MR) is 62.3 cm³/mol. The normalized spacial score (nSPS) is 15.5. The number of hydrogen-bond donors (Lipinski definition) is 1. The second kappa shape index (κ2) is 4.61. The molecule has 0 bridgehead atoms. The summed E-state index contributed by atoms with van der Waals surface area (Å²) in [5.41, 5.74) is 7.48. The molecule has 1 rings (SSSR count). The highest BCUT2D eigenvalue weighted by atomic mass is 14.6. The molecule has 0 aliphatic rings. The summed E-state index contributed by atoms with van der Waals surface area (Å²) in [5.74, 6) is 0.583. The lowest BCUT2D eigenvalue weighted by Crippen LogP contribution is -2.39. The Morgan fingerprint density at radius 2 is 1.79 bits per heavy atom. The van der Waals surface area contributed by atoms with Crippen LogP contribution < -0.4 is 5.73 Å². The molecule has 14 heavy (non-hydrogen) atoms. The lowest BCUT2D eigenvalue weighted by molar-refractivity contribution is 0.304. The van der Waals surface area contributed by atoms with Crippen molar-refractivity contribution in [1.29, 1.82) is 0 Å². The molecule has 0 heterocycles. The van der Waals surface area contributed by atoms with E-state index >= 15 is 0 Å². The minimum absolute atomic E-state index is 0.154. The van der Waals surface area contributed by atoms with Crippen LogP contribution in [0, 0.1) is 5.92 Å². The molecule has 1 aromatic carbocycles. The topological polar surface area (TPSA) is 26.0 Å². The van der Waals surface area contributed by atoms with Gasteiger partial charge in [0.1, 0.15) is 0 Å². The highest BCUT2D eigenvalue weighted by Gasteiger charge is 2.31. The third kappa shape index (κ3) is 1.83. The number of rotatable bonds is 4. The Bertz CT molecular complexity index is 260. The van der Waals surface area contributed by atoms with Crippen molar-refractivity contribution in [2.24, 2.45) is 11.7 Å². The van der Waals surface area contributed by atoms with Gasteiger partial charge in [-0.1, -0.05) is 51.1 Å². The first kappa shape index (κ1) is 11.3. The van der Waals surface area contributed by atoms with E-state index in [9.17, 15) is 0 Å². The molecule has 0 radical (unpaired) electrons. The standard InChI is InChI=1S/C13H21N/c1-4-13(10-14,11(2)3)12-8-6-5-7-9-12/h5-9,11H,4,10,14H2,1-3H3. The zero-order valence-corrected chi connectivity index (χ0v) is 9.46. The van der Waals surface area contributed by atoms with Gasteiger partial charge in [0.05, 0.1) is 0 Å². The van der Waals surface area contributed by atoms with Gasteiger partial charge in [-0.15, -0.1) is 0 Å². The van der Waals surface area contributed by atoms with Gasteiger partial charge in [0, 0.05) is 12.0 Å². The number of hydrogen-bond acceptors (Lipinski definition) is 1. The summed E-state index contributed by atoms with van der Waals surface area (Å²) < 4.78 is 0. The molecule has 1 atom stereocenters. The van der Waals surface area contributed by atoms with Gasteiger partial charge in [-0.2, -0.15) is 0 Å². The fraction of sp³-hybridized carbons (Fsp3) is 0.538. The van der Waals surface area contributed by atoms with Crippen LogP contribution in [0.2, 0.25) is 0 Å². The van der Waals surface area contributed by atoms with Crippen molar-refractivity contribution >= 4 is 0 Å². The molecule has 0 aliphatic heterocycles. The zero-order chi connectivity index (χ0) is 10.6. The van der Waals surface area contributed by atoms with Crippen LogP contribution in [0.5, 0.6) is 0 Å². The summed E-state index contributed by atoms with van der Waals surface area (Å²) in [4.78, 5) is 0.